The van der Waals surface area contributed by atoms with Crippen LogP contribution in [0.15, 0.2) is 70.7 Å². The van der Waals surface area contributed by atoms with Crippen LogP contribution in [0, 0.1) is 17.5 Å². The molecule has 276 valence electrons. The van der Waals surface area contributed by atoms with Crippen LogP contribution >= 0.6 is 15.9 Å². The lowest BCUT2D eigenvalue weighted by Gasteiger charge is -2.45. The fourth-order valence-electron chi connectivity index (χ4n) is 7.07. The summed E-state index contributed by atoms with van der Waals surface area (Å²) in [5, 5.41) is 22.7. The van der Waals surface area contributed by atoms with Gasteiger partial charge in [-0.2, -0.15) is 0 Å². The third-order valence-corrected chi connectivity index (χ3v) is 10.6. The fraction of sp³-hybridized carbons (Fsp3) is 0.410. The van der Waals surface area contributed by atoms with E-state index in [4.69, 9.17) is 9.84 Å². The molecule has 2 amide bonds. The monoisotopic (exact) mass is 783 g/mol. The van der Waals surface area contributed by atoms with E-state index in [2.05, 4.69) is 21.2 Å². The highest BCUT2D eigenvalue weighted by molar-refractivity contribution is 9.10. The number of aryl methyl sites for hydroxylation is 1. The van der Waals surface area contributed by atoms with E-state index in [0.29, 0.717) is 43.7 Å². The van der Waals surface area contributed by atoms with Crippen LogP contribution in [-0.2, 0) is 27.2 Å². The zero-order valence-corrected chi connectivity index (χ0v) is 30.1. The second-order valence-electron chi connectivity index (χ2n) is 13.7. The van der Waals surface area contributed by atoms with Crippen LogP contribution in [0.4, 0.5) is 13.2 Å². The van der Waals surface area contributed by atoms with Crippen LogP contribution in [0.3, 0.4) is 0 Å². The molecular weight excluding hydrogens is 743 g/mol. The van der Waals surface area contributed by atoms with Gasteiger partial charge in [-0.25, -0.2) is 13.2 Å². The topological polar surface area (TPSA) is 119 Å². The molecule has 3 aliphatic rings. The van der Waals surface area contributed by atoms with Crippen LogP contribution < -0.4 is 10.1 Å². The summed E-state index contributed by atoms with van der Waals surface area (Å²) in [4.78, 5) is 42.2. The number of benzene rings is 3. The Hall–Kier alpha value is -4.20. The maximum Gasteiger partial charge on any atom is 0.305 e. The van der Waals surface area contributed by atoms with Gasteiger partial charge >= 0.3 is 5.97 Å². The first-order valence-electron chi connectivity index (χ1n) is 17.5. The number of amides is 2. The Morgan fingerprint density at radius 2 is 1.69 bits per heavy atom. The molecule has 0 radical (unpaired) electrons. The van der Waals surface area contributed by atoms with Crippen LogP contribution in [0.2, 0.25) is 0 Å². The molecule has 13 heteroatoms. The molecule has 52 heavy (non-hydrogen) atoms. The SMILES string of the molecule is O=C(O)C[C@H](O)CC(=O)N1C[C@H]2CC(c3ccc(CCCOc4cccc(F)c4Br)cc3)=C(C(=O)N(CCc3cccc(F)c3F)C3CC3)[C@@H](C1)N2. The highest BCUT2D eigenvalue weighted by Crippen LogP contribution is 2.37. The number of fused-ring (bicyclic) bond motifs is 2. The molecule has 2 fully saturated rings. The Bertz CT molecular complexity index is 1840. The number of hydrogen-bond donors (Lipinski definition) is 3. The van der Waals surface area contributed by atoms with Crippen LogP contribution in [0.25, 0.3) is 5.57 Å². The normalized spacial score (nSPS) is 19.0. The first kappa shape index (κ1) is 37.6. The van der Waals surface area contributed by atoms with Gasteiger partial charge in [-0.1, -0.05) is 42.5 Å². The molecule has 0 spiro atoms. The van der Waals surface area contributed by atoms with E-state index >= 15 is 0 Å². The molecule has 3 aromatic rings. The lowest BCUT2D eigenvalue weighted by Crippen LogP contribution is -2.62. The van der Waals surface area contributed by atoms with Gasteiger partial charge in [0.1, 0.15) is 11.6 Å². The van der Waals surface area contributed by atoms with Gasteiger partial charge in [-0.15, -0.1) is 0 Å². The summed E-state index contributed by atoms with van der Waals surface area (Å²) in [7, 11) is 0. The van der Waals surface area contributed by atoms with Crippen molar-refractivity contribution in [1.82, 2.24) is 15.1 Å². The Balaban J connectivity index is 1.22. The van der Waals surface area contributed by atoms with Crippen molar-refractivity contribution in [1.29, 1.82) is 0 Å². The molecule has 3 aromatic carbocycles. The van der Waals surface area contributed by atoms with E-state index in [9.17, 15) is 32.7 Å². The minimum absolute atomic E-state index is 0.0410. The molecule has 3 atom stereocenters. The van der Waals surface area contributed by atoms with E-state index in [0.717, 1.165) is 35.6 Å². The molecule has 0 unspecified atom stereocenters. The van der Waals surface area contributed by atoms with Crippen LogP contribution in [0.1, 0.15) is 55.2 Å². The number of nitrogens with one attached hydrogen (secondary N) is 1. The van der Waals surface area contributed by atoms with Gasteiger partial charge < -0.3 is 30.1 Å². The van der Waals surface area contributed by atoms with Crippen molar-refractivity contribution in [2.24, 2.45) is 0 Å². The van der Waals surface area contributed by atoms with E-state index in [1.807, 2.05) is 24.3 Å². The van der Waals surface area contributed by atoms with Crippen molar-refractivity contribution in [2.75, 3.05) is 26.2 Å². The maximum atomic E-state index is 14.6. The van der Waals surface area contributed by atoms with E-state index in [1.54, 1.807) is 21.9 Å². The largest absolute Gasteiger partial charge is 0.492 e. The molecule has 0 aromatic heterocycles. The summed E-state index contributed by atoms with van der Waals surface area (Å²) < 4.78 is 48.5. The average molecular weight is 785 g/mol. The third kappa shape index (κ3) is 9.05. The summed E-state index contributed by atoms with van der Waals surface area (Å²) in [6.45, 7) is 1.05. The van der Waals surface area contributed by atoms with Gasteiger partial charge in [-0.3, -0.25) is 14.4 Å². The summed E-state index contributed by atoms with van der Waals surface area (Å²) >= 11 is 3.21. The van der Waals surface area contributed by atoms with Crippen molar-refractivity contribution < 1.29 is 42.5 Å². The number of piperazine rings is 1. The van der Waals surface area contributed by atoms with Gasteiger partial charge in [0.15, 0.2) is 11.6 Å². The highest BCUT2D eigenvalue weighted by atomic mass is 79.9. The molecule has 2 bridgehead atoms. The Labute approximate surface area is 308 Å². The number of aliphatic hydroxyl groups excluding tert-OH is 1. The zero-order valence-electron chi connectivity index (χ0n) is 28.5. The van der Waals surface area contributed by atoms with Crippen molar-refractivity contribution in [3.63, 3.8) is 0 Å². The minimum Gasteiger partial charge on any atom is -0.492 e. The van der Waals surface area contributed by atoms with E-state index in [1.165, 1.54) is 18.2 Å². The first-order chi connectivity index (χ1) is 25.0. The number of carboxylic acid groups (broad SMARTS) is 1. The summed E-state index contributed by atoms with van der Waals surface area (Å²) in [6.07, 6.45) is 1.34. The first-order valence-corrected chi connectivity index (χ1v) is 18.3. The number of aliphatic carboxylic acids is 1. The van der Waals surface area contributed by atoms with Crippen LogP contribution in [0.5, 0.6) is 5.75 Å². The van der Waals surface area contributed by atoms with E-state index in [-0.39, 0.29) is 59.9 Å². The fourth-order valence-corrected chi connectivity index (χ4v) is 7.45. The third-order valence-electron chi connectivity index (χ3n) is 9.80. The summed E-state index contributed by atoms with van der Waals surface area (Å²) in [5.41, 5.74) is 3.47. The van der Waals surface area contributed by atoms with Crippen molar-refractivity contribution in [3.8, 4) is 5.75 Å². The quantitative estimate of drug-likeness (QED) is 0.170. The summed E-state index contributed by atoms with van der Waals surface area (Å²) in [5.74, 6) is -3.63. The van der Waals surface area contributed by atoms with Gasteiger partial charge in [0.05, 0.1) is 36.1 Å². The van der Waals surface area contributed by atoms with Crippen molar-refractivity contribution in [3.05, 3.63) is 105 Å². The van der Waals surface area contributed by atoms with Crippen LogP contribution in [-0.4, -0.2) is 88.3 Å². The molecular formula is C39H41BrF3N3O6. The number of carboxylic acids is 1. The summed E-state index contributed by atoms with van der Waals surface area (Å²) in [6, 6.07) is 15.9. The number of hydrogen-bond acceptors (Lipinski definition) is 6. The van der Waals surface area contributed by atoms with E-state index < -0.39 is 42.0 Å². The smallest absolute Gasteiger partial charge is 0.305 e. The van der Waals surface area contributed by atoms with Crippen molar-refractivity contribution >= 4 is 39.3 Å². The molecule has 9 nitrogen and oxygen atoms in total. The molecule has 1 aliphatic carbocycles. The number of rotatable bonds is 15. The minimum atomic E-state index is -1.33. The van der Waals surface area contributed by atoms with Gasteiger partial charge in [-0.05, 0) is 94.9 Å². The molecule has 2 heterocycles. The van der Waals surface area contributed by atoms with Gasteiger partial charge in [0, 0.05) is 37.3 Å². The number of halogens is 4. The number of carbonyl (C=O) groups is 3. The molecule has 6 rings (SSSR count). The number of ether oxygens (including phenoxy) is 1. The van der Waals surface area contributed by atoms with Crippen molar-refractivity contribution in [2.45, 2.75) is 75.6 Å². The zero-order chi connectivity index (χ0) is 36.9. The van der Waals surface area contributed by atoms with Gasteiger partial charge in [0.2, 0.25) is 5.91 Å². The van der Waals surface area contributed by atoms with Gasteiger partial charge in [0.25, 0.3) is 5.91 Å². The average Bonchev–Trinajstić information content (AvgIpc) is 3.95. The lowest BCUT2D eigenvalue weighted by atomic mass is 9.82. The Kier molecular flexibility index (Phi) is 12.0. The second-order valence-corrected chi connectivity index (χ2v) is 14.5. The molecule has 1 saturated heterocycles. The Morgan fingerprint density at radius 1 is 0.962 bits per heavy atom. The highest BCUT2D eigenvalue weighted by Gasteiger charge is 2.43. The molecule has 1 saturated carbocycles. The molecule has 2 aliphatic heterocycles. The Morgan fingerprint density at radius 3 is 2.42 bits per heavy atom. The standard InChI is InChI=1S/C39H41BrF3N3O6/c40-37-30(41)6-2-8-33(37)52-17-3-4-23-9-11-24(12-10-23)29-18-26-21-45(34(48)19-28(47)20-35(49)50)22-32(44-26)36(29)39(51)46(27-13-14-27)16-15-25-5-1-7-31(42)38(25)43/h1-2,5-12,26-28,32,44,47H,3-4,13-22H2,(H,49,50)/t26-,28-,32-/m1/s1. The maximum absolute atomic E-state index is 14.6. The predicted octanol–water partition coefficient (Wildman–Crippen LogP) is 5.66. The lowest BCUT2D eigenvalue weighted by molar-refractivity contribution is -0.141. The second kappa shape index (κ2) is 16.6. The number of carbonyl (C=O) groups excluding carboxylic acids is 2. The predicted molar refractivity (Wildman–Crippen MR) is 191 cm³/mol. The molecule has 3 N–H and O–H groups in total. The number of aliphatic hydroxyl groups is 1. The number of nitrogens with zero attached hydrogens (tertiary/aromatic N) is 2.